The van der Waals surface area contributed by atoms with Crippen LogP contribution in [-0.2, 0) is 6.42 Å². The van der Waals surface area contributed by atoms with Crippen LogP contribution in [-0.4, -0.2) is 15.0 Å². The van der Waals surface area contributed by atoms with E-state index >= 15 is 0 Å². The molecule has 0 aliphatic heterocycles. The Labute approximate surface area is 111 Å². The van der Waals surface area contributed by atoms with Gasteiger partial charge >= 0.3 is 0 Å². The molecule has 5 heteroatoms. The molecule has 5 nitrogen and oxygen atoms in total. The van der Waals surface area contributed by atoms with Crippen LogP contribution in [0, 0.1) is 13.8 Å². The summed E-state index contributed by atoms with van der Waals surface area (Å²) in [4.78, 5) is 23.4. The molecule has 0 bridgehead atoms. The summed E-state index contributed by atoms with van der Waals surface area (Å²) in [7, 11) is 0. The van der Waals surface area contributed by atoms with E-state index < -0.39 is 0 Å². The molecule has 0 saturated carbocycles. The van der Waals surface area contributed by atoms with Gasteiger partial charge in [0, 0.05) is 6.20 Å². The predicted molar refractivity (Wildman–Crippen MR) is 76.0 cm³/mol. The van der Waals surface area contributed by atoms with Gasteiger partial charge < -0.3 is 10.7 Å². The Bertz CT molecular complexity index is 661. The first kappa shape index (κ1) is 13.3. The number of nitrogens with two attached hydrogens (primary N) is 1. The van der Waals surface area contributed by atoms with Crippen molar-refractivity contribution in [2.45, 2.75) is 33.6 Å². The largest absolute Gasteiger partial charge is 0.383 e. The smallest absolute Gasteiger partial charge is 0.256 e. The maximum Gasteiger partial charge on any atom is 0.256 e. The maximum atomic E-state index is 12.0. The summed E-state index contributed by atoms with van der Waals surface area (Å²) in [5.74, 6) is 0.724. The average Bonchev–Trinajstić information content (AvgIpc) is 2.33. The Hall–Kier alpha value is -2.17. The zero-order valence-corrected chi connectivity index (χ0v) is 11.4. The van der Waals surface area contributed by atoms with Crippen molar-refractivity contribution in [2.24, 2.45) is 0 Å². The summed E-state index contributed by atoms with van der Waals surface area (Å²) in [6, 6.07) is 2.00. The summed E-state index contributed by atoms with van der Waals surface area (Å²) < 4.78 is 0. The minimum Gasteiger partial charge on any atom is -0.383 e. The van der Waals surface area contributed by atoms with E-state index in [-0.39, 0.29) is 5.56 Å². The van der Waals surface area contributed by atoms with Crippen molar-refractivity contribution >= 4 is 5.82 Å². The Morgan fingerprint density at radius 3 is 2.68 bits per heavy atom. The second-order valence-corrected chi connectivity index (χ2v) is 4.71. The number of anilines is 1. The van der Waals surface area contributed by atoms with Gasteiger partial charge in [0.05, 0.1) is 5.56 Å². The van der Waals surface area contributed by atoms with Crippen molar-refractivity contribution < 1.29 is 0 Å². The molecule has 19 heavy (non-hydrogen) atoms. The van der Waals surface area contributed by atoms with E-state index in [1.165, 1.54) is 0 Å². The number of aromatic amines is 1. The summed E-state index contributed by atoms with van der Waals surface area (Å²) in [5, 5.41) is 0. The van der Waals surface area contributed by atoms with Crippen molar-refractivity contribution in [1.29, 1.82) is 0 Å². The molecule has 0 fully saturated rings. The zero-order valence-electron chi connectivity index (χ0n) is 11.4. The van der Waals surface area contributed by atoms with E-state index in [4.69, 9.17) is 5.73 Å². The number of rotatable bonds is 3. The first-order valence-electron chi connectivity index (χ1n) is 6.35. The topological polar surface area (TPSA) is 84.7 Å². The van der Waals surface area contributed by atoms with Gasteiger partial charge in [-0.25, -0.2) is 4.98 Å². The van der Waals surface area contributed by atoms with Crippen LogP contribution in [0.1, 0.15) is 30.0 Å². The number of aromatic nitrogens is 3. The summed E-state index contributed by atoms with van der Waals surface area (Å²) in [6.07, 6.45) is 3.24. The van der Waals surface area contributed by atoms with Crippen molar-refractivity contribution in [3.8, 4) is 11.5 Å². The number of nitrogen functional groups attached to an aromatic ring is 1. The molecular weight excluding hydrogens is 240 g/mol. The van der Waals surface area contributed by atoms with Crippen LogP contribution in [0.3, 0.4) is 0 Å². The van der Waals surface area contributed by atoms with Gasteiger partial charge in [-0.3, -0.25) is 9.78 Å². The quantitative estimate of drug-likeness (QED) is 0.881. The van der Waals surface area contributed by atoms with Crippen molar-refractivity contribution in [2.75, 3.05) is 5.73 Å². The third-order valence-corrected chi connectivity index (χ3v) is 2.99. The molecule has 0 saturated heterocycles. The lowest BCUT2D eigenvalue weighted by Crippen LogP contribution is -2.18. The van der Waals surface area contributed by atoms with E-state index in [1.807, 2.05) is 26.8 Å². The van der Waals surface area contributed by atoms with Crippen LogP contribution in [0.5, 0.6) is 0 Å². The molecule has 0 aliphatic carbocycles. The number of hydrogen-bond acceptors (Lipinski definition) is 4. The lowest BCUT2D eigenvalue weighted by Gasteiger charge is -2.08. The summed E-state index contributed by atoms with van der Waals surface area (Å²) in [5.41, 5.74) is 8.94. The van der Waals surface area contributed by atoms with Gasteiger partial charge in [0.2, 0.25) is 0 Å². The lowest BCUT2D eigenvalue weighted by atomic mass is 10.1. The molecule has 0 amide bonds. The van der Waals surface area contributed by atoms with Gasteiger partial charge in [-0.2, -0.15) is 0 Å². The number of H-pyrrole nitrogens is 1. The summed E-state index contributed by atoms with van der Waals surface area (Å²) in [6.45, 7) is 5.91. The highest BCUT2D eigenvalue weighted by molar-refractivity contribution is 5.57. The van der Waals surface area contributed by atoms with Crippen LogP contribution >= 0.6 is 0 Å². The number of nitrogens with one attached hydrogen (secondary N) is 1. The Morgan fingerprint density at radius 1 is 1.37 bits per heavy atom. The molecular formula is C14H18N4O. The average molecular weight is 258 g/mol. The van der Waals surface area contributed by atoms with Crippen molar-refractivity contribution in [3.63, 3.8) is 0 Å². The fraction of sp³-hybridized carbons (Fsp3) is 0.357. The molecule has 2 aromatic rings. The fourth-order valence-corrected chi connectivity index (χ4v) is 2.08. The molecule has 0 unspecified atom stereocenters. The van der Waals surface area contributed by atoms with Gasteiger partial charge in [0.25, 0.3) is 5.56 Å². The molecule has 0 spiro atoms. The van der Waals surface area contributed by atoms with E-state index in [1.54, 1.807) is 6.20 Å². The van der Waals surface area contributed by atoms with E-state index in [0.717, 1.165) is 17.5 Å². The molecule has 2 heterocycles. The van der Waals surface area contributed by atoms with Crippen LogP contribution in [0.25, 0.3) is 11.5 Å². The number of nitrogens with zero attached hydrogens (tertiary/aromatic N) is 2. The Balaban J connectivity index is 2.55. The molecule has 3 N–H and O–H groups in total. The van der Waals surface area contributed by atoms with E-state index in [0.29, 0.717) is 29.3 Å². The first-order chi connectivity index (χ1) is 9.02. The van der Waals surface area contributed by atoms with E-state index in [2.05, 4.69) is 15.0 Å². The molecule has 0 atom stereocenters. The zero-order chi connectivity index (χ0) is 14.0. The Kier molecular flexibility index (Phi) is 3.64. The van der Waals surface area contributed by atoms with E-state index in [9.17, 15) is 4.79 Å². The Morgan fingerprint density at radius 2 is 2.11 bits per heavy atom. The second kappa shape index (κ2) is 5.22. The molecule has 0 aromatic carbocycles. The normalized spacial score (nSPS) is 10.7. The van der Waals surface area contributed by atoms with Crippen LogP contribution in [0.15, 0.2) is 17.1 Å². The highest BCUT2D eigenvalue weighted by Crippen LogP contribution is 2.18. The summed E-state index contributed by atoms with van der Waals surface area (Å²) >= 11 is 0. The standard InChI is InChI=1S/C14H18N4O/c1-4-5-10-12(15)17-13(18-14(10)19)11-9(3)6-8(2)7-16-11/h6-7H,4-5H2,1-3H3,(H3,15,17,18,19). The van der Waals surface area contributed by atoms with Crippen LogP contribution in [0.4, 0.5) is 5.82 Å². The highest BCUT2D eigenvalue weighted by atomic mass is 16.1. The lowest BCUT2D eigenvalue weighted by molar-refractivity contribution is 0.890. The number of hydrogen-bond donors (Lipinski definition) is 2. The monoisotopic (exact) mass is 258 g/mol. The first-order valence-corrected chi connectivity index (χ1v) is 6.35. The van der Waals surface area contributed by atoms with Gasteiger partial charge in [-0.1, -0.05) is 19.4 Å². The predicted octanol–water partition coefficient (Wildman–Crippen LogP) is 1.98. The van der Waals surface area contributed by atoms with Crippen molar-refractivity contribution in [1.82, 2.24) is 15.0 Å². The van der Waals surface area contributed by atoms with Gasteiger partial charge in [-0.15, -0.1) is 0 Å². The minimum absolute atomic E-state index is 0.175. The molecule has 2 rings (SSSR count). The highest BCUT2D eigenvalue weighted by Gasteiger charge is 2.12. The third-order valence-electron chi connectivity index (χ3n) is 2.99. The van der Waals surface area contributed by atoms with Crippen LogP contribution < -0.4 is 11.3 Å². The second-order valence-electron chi connectivity index (χ2n) is 4.71. The SMILES string of the molecule is CCCc1c(N)nc(-c2ncc(C)cc2C)[nH]c1=O. The third kappa shape index (κ3) is 2.65. The van der Waals surface area contributed by atoms with Crippen molar-refractivity contribution in [3.05, 3.63) is 39.3 Å². The van der Waals surface area contributed by atoms with Crippen LogP contribution in [0.2, 0.25) is 0 Å². The molecule has 2 aromatic heterocycles. The maximum absolute atomic E-state index is 12.0. The minimum atomic E-state index is -0.175. The number of aryl methyl sites for hydroxylation is 2. The number of pyridine rings is 1. The van der Waals surface area contributed by atoms with Gasteiger partial charge in [0.1, 0.15) is 11.5 Å². The molecule has 0 radical (unpaired) electrons. The molecule has 100 valence electrons. The fourth-order valence-electron chi connectivity index (χ4n) is 2.08. The van der Waals surface area contributed by atoms with Gasteiger partial charge in [0.15, 0.2) is 5.82 Å². The van der Waals surface area contributed by atoms with Gasteiger partial charge in [-0.05, 0) is 31.4 Å². The molecule has 0 aliphatic rings.